The van der Waals surface area contributed by atoms with Gasteiger partial charge in [0.25, 0.3) is 5.91 Å². The van der Waals surface area contributed by atoms with Gasteiger partial charge in [0, 0.05) is 37.4 Å². The van der Waals surface area contributed by atoms with Crippen LogP contribution in [0.25, 0.3) is 0 Å². The van der Waals surface area contributed by atoms with E-state index in [1.807, 2.05) is 24.0 Å². The van der Waals surface area contributed by atoms with Crippen molar-refractivity contribution in [1.29, 1.82) is 0 Å². The Morgan fingerprint density at radius 2 is 1.85 bits per heavy atom. The van der Waals surface area contributed by atoms with E-state index in [4.69, 9.17) is 10.5 Å². The number of rotatable bonds is 7. The third-order valence-corrected chi connectivity index (χ3v) is 8.76. The molecule has 8 heteroatoms. The van der Waals surface area contributed by atoms with Crippen molar-refractivity contribution in [2.75, 3.05) is 43.4 Å². The summed E-state index contributed by atoms with van der Waals surface area (Å²) in [5.41, 5.74) is 7.04. The average molecular weight is 486 g/mol. The summed E-state index contributed by atoms with van der Waals surface area (Å²) in [4.78, 5) is 18.0. The van der Waals surface area contributed by atoms with E-state index in [0.29, 0.717) is 31.2 Å². The summed E-state index contributed by atoms with van der Waals surface area (Å²) in [6.07, 6.45) is 1.04. The second kappa shape index (κ2) is 9.58. The largest absolute Gasteiger partial charge is 0.494 e. The van der Waals surface area contributed by atoms with Crippen molar-refractivity contribution in [1.82, 2.24) is 4.90 Å². The number of amides is 1. The fraction of sp³-hybridized carbons (Fsp3) is 0.500. The Balaban J connectivity index is 1.60. The normalized spacial score (nSPS) is 21.9. The van der Waals surface area contributed by atoms with Crippen molar-refractivity contribution in [2.45, 2.75) is 38.1 Å². The molecule has 2 atom stereocenters. The third kappa shape index (κ3) is 4.93. The van der Waals surface area contributed by atoms with Gasteiger partial charge < -0.3 is 20.3 Å². The molecule has 184 valence electrons. The van der Waals surface area contributed by atoms with Crippen LogP contribution < -0.4 is 15.4 Å². The highest BCUT2D eigenvalue weighted by atomic mass is 32.2. The molecule has 3 aliphatic heterocycles. The number of ether oxygens (including phenoxy) is 1. The van der Waals surface area contributed by atoms with Crippen molar-refractivity contribution >= 4 is 21.4 Å². The van der Waals surface area contributed by atoms with Gasteiger partial charge in [-0.25, -0.2) is 8.42 Å². The van der Waals surface area contributed by atoms with E-state index in [1.54, 1.807) is 12.1 Å². The number of carbonyl (C=O) groups excluding carboxylic acids is 1. The van der Waals surface area contributed by atoms with Crippen molar-refractivity contribution in [3.05, 3.63) is 54.1 Å². The zero-order chi connectivity index (χ0) is 24.5. The van der Waals surface area contributed by atoms with Crippen LogP contribution in [-0.2, 0) is 9.84 Å². The minimum Gasteiger partial charge on any atom is -0.494 e. The lowest BCUT2D eigenvalue weighted by Gasteiger charge is -2.48. The Morgan fingerprint density at radius 3 is 2.53 bits per heavy atom. The number of carbonyl (C=O) groups is 1. The molecule has 3 saturated heterocycles. The Hall–Kier alpha value is -2.58. The molecule has 2 N–H and O–H groups in total. The first-order valence-electron chi connectivity index (χ1n) is 12.0. The van der Waals surface area contributed by atoms with Crippen molar-refractivity contribution in [3.63, 3.8) is 0 Å². The summed E-state index contributed by atoms with van der Waals surface area (Å²) in [5.74, 6) is 0.926. The molecule has 3 aliphatic rings. The van der Waals surface area contributed by atoms with Crippen molar-refractivity contribution in [3.8, 4) is 5.75 Å². The monoisotopic (exact) mass is 485 g/mol. The zero-order valence-electron chi connectivity index (χ0n) is 20.2. The molecule has 0 spiro atoms. The fourth-order valence-corrected chi connectivity index (χ4v) is 6.60. The van der Waals surface area contributed by atoms with Gasteiger partial charge in [0.15, 0.2) is 9.84 Å². The lowest BCUT2D eigenvalue weighted by molar-refractivity contribution is 0.0746. The fourth-order valence-electron chi connectivity index (χ4n) is 5.46. The second-order valence-electron chi connectivity index (χ2n) is 10.00. The summed E-state index contributed by atoms with van der Waals surface area (Å²) in [6, 6.07) is 14.7. The number of nitrogens with zero attached hydrogens (tertiary/aromatic N) is 2. The van der Waals surface area contributed by atoms with Crippen LogP contribution in [-0.4, -0.2) is 63.8 Å². The number of anilines is 1. The summed E-state index contributed by atoms with van der Waals surface area (Å²) < 4.78 is 30.6. The van der Waals surface area contributed by atoms with Crippen LogP contribution >= 0.6 is 0 Å². The van der Waals surface area contributed by atoms with Gasteiger partial charge in [0.1, 0.15) is 5.75 Å². The molecule has 2 unspecified atom stereocenters. The van der Waals surface area contributed by atoms with Gasteiger partial charge in [0.05, 0.1) is 23.3 Å². The van der Waals surface area contributed by atoms with Gasteiger partial charge in [-0.3, -0.25) is 4.79 Å². The Bertz CT molecular complexity index is 1130. The number of hydrogen-bond acceptors (Lipinski definition) is 6. The predicted octanol–water partition coefficient (Wildman–Crippen LogP) is 3.19. The number of benzene rings is 2. The van der Waals surface area contributed by atoms with Gasteiger partial charge in [0.2, 0.25) is 0 Å². The van der Waals surface area contributed by atoms with Crippen LogP contribution in [0.5, 0.6) is 5.75 Å². The predicted molar refractivity (Wildman–Crippen MR) is 134 cm³/mol. The Kier molecular flexibility index (Phi) is 6.92. The minimum absolute atomic E-state index is 0.0306. The van der Waals surface area contributed by atoms with Gasteiger partial charge in [-0.15, -0.1) is 0 Å². The number of fused-ring (bicyclic) bond motifs is 4. The number of piperidine rings is 1. The van der Waals surface area contributed by atoms with Crippen LogP contribution in [0, 0.1) is 11.3 Å². The molecule has 34 heavy (non-hydrogen) atoms. The number of hydrogen-bond donors (Lipinski definition) is 1. The summed E-state index contributed by atoms with van der Waals surface area (Å²) in [5, 5.41) is 0. The minimum atomic E-state index is -3.50. The highest BCUT2D eigenvalue weighted by molar-refractivity contribution is 7.91. The maximum absolute atomic E-state index is 13.6. The maximum atomic E-state index is 13.6. The smallest absolute Gasteiger partial charge is 0.253 e. The van der Waals surface area contributed by atoms with Crippen LogP contribution in [0.3, 0.4) is 0 Å². The topological polar surface area (TPSA) is 92.9 Å². The van der Waals surface area contributed by atoms with Gasteiger partial charge in [-0.05, 0) is 67.1 Å². The SMILES string of the molecule is CCOc1ccc(N2CC3CN(C(=O)c4cccc(S(=O)(=O)CCN)c4)CC2C(C)(C)C3)cc1. The second-order valence-corrected chi connectivity index (χ2v) is 12.1. The van der Waals surface area contributed by atoms with Gasteiger partial charge in [-0.2, -0.15) is 0 Å². The molecular weight excluding hydrogens is 450 g/mol. The lowest BCUT2D eigenvalue weighted by Crippen LogP contribution is -2.54. The van der Waals surface area contributed by atoms with Gasteiger partial charge >= 0.3 is 0 Å². The molecule has 0 saturated carbocycles. The van der Waals surface area contributed by atoms with Crippen LogP contribution in [0.2, 0.25) is 0 Å². The van der Waals surface area contributed by atoms with E-state index >= 15 is 0 Å². The van der Waals surface area contributed by atoms with E-state index in [9.17, 15) is 13.2 Å². The maximum Gasteiger partial charge on any atom is 0.253 e. The van der Waals surface area contributed by atoms with E-state index in [1.165, 1.54) is 12.1 Å². The molecule has 0 aromatic heterocycles. The third-order valence-electron chi connectivity index (χ3n) is 7.01. The summed E-state index contributed by atoms with van der Waals surface area (Å²) >= 11 is 0. The molecule has 3 fully saturated rings. The number of sulfone groups is 1. The van der Waals surface area contributed by atoms with E-state index in [0.717, 1.165) is 24.4 Å². The average Bonchev–Trinajstić information content (AvgIpc) is 3.06. The van der Waals surface area contributed by atoms with Crippen molar-refractivity contribution in [2.24, 2.45) is 17.1 Å². The zero-order valence-corrected chi connectivity index (χ0v) is 21.1. The van der Waals surface area contributed by atoms with E-state index < -0.39 is 9.84 Å². The summed E-state index contributed by atoms with van der Waals surface area (Å²) in [6.45, 7) is 9.34. The first-order chi connectivity index (χ1) is 16.1. The van der Waals surface area contributed by atoms with Crippen LogP contribution in [0.1, 0.15) is 37.6 Å². The quantitative estimate of drug-likeness (QED) is 0.648. The van der Waals surface area contributed by atoms with Gasteiger partial charge in [-0.1, -0.05) is 19.9 Å². The Labute approximate surface area is 202 Å². The molecule has 7 nitrogen and oxygen atoms in total. The number of nitrogens with two attached hydrogens (primary N) is 1. The molecule has 5 rings (SSSR count). The van der Waals surface area contributed by atoms with E-state index in [-0.39, 0.29) is 34.6 Å². The standard InChI is InChI=1S/C26H35N3O4S/c1-4-33-22-10-8-21(9-11-22)29-17-19-15-26(2,3)24(29)18-28(16-19)25(30)20-6-5-7-23(14-20)34(31,32)13-12-27/h5-11,14,19,24H,4,12-13,15-18,27H2,1-3H3. The van der Waals surface area contributed by atoms with Crippen LogP contribution in [0.15, 0.2) is 53.4 Å². The molecule has 2 aromatic rings. The molecule has 1 amide bonds. The molecule has 0 radical (unpaired) electrons. The lowest BCUT2D eigenvalue weighted by atomic mass is 9.73. The molecular formula is C26H35N3O4S. The first kappa shape index (κ1) is 24.5. The van der Waals surface area contributed by atoms with Crippen molar-refractivity contribution < 1.29 is 17.9 Å². The molecule has 2 bridgehead atoms. The highest BCUT2D eigenvalue weighted by Crippen LogP contribution is 2.43. The summed E-state index contributed by atoms with van der Waals surface area (Å²) in [7, 11) is -3.50. The molecule has 0 aliphatic carbocycles. The Morgan fingerprint density at radius 1 is 1.12 bits per heavy atom. The first-order valence-corrected chi connectivity index (χ1v) is 13.6. The van der Waals surface area contributed by atoms with Crippen LogP contribution in [0.4, 0.5) is 5.69 Å². The molecule has 3 heterocycles. The highest BCUT2D eigenvalue weighted by Gasteiger charge is 2.46. The molecule has 2 aromatic carbocycles. The van der Waals surface area contributed by atoms with E-state index in [2.05, 4.69) is 30.9 Å².